The fraction of sp³-hybridized carbons (Fsp3) is 0.182. The third kappa shape index (κ3) is 2.41. The smallest absolute Gasteiger partial charge is 0.139 e. The zero-order valence-corrected chi connectivity index (χ0v) is 10.3. The van der Waals surface area contributed by atoms with Gasteiger partial charge in [-0.3, -0.25) is 0 Å². The predicted octanol–water partition coefficient (Wildman–Crippen LogP) is 2.93. The minimum absolute atomic E-state index is 0.269. The van der Waals surface area contributed by atoms with Crippen LogP contribution in [0.5, 0.6) is 0 Å². The molecule has 1 aromatic heterocycles. The quantitative estimate of drug-likeness (QED) is 0.939. The summed E-state index contributed by atoms with van der Waals surface area (Å²) in [5.74, 6) is -0.269. The normalized spacial score (nSPS) is 10.4. The van der Waals surface area contributed by atoms with Crippen molar-refractivity contribution in [3.8, 4) is 0 Å². The molecule has 0 aliphatic heterocycles. The van der Waals surface area contributed by atoms with Gasteiger partial charge in [0.25, 0.3) is 0 Å². The van der Waals surface area contributed by atoms with E-state index in [4.69, 9.17) is 0 Å². The molecule has 1 N–H and O–H groups in total. The van der Waals surface area contributed by atoms with E-state index in [1.807, 2.05) is 17.7 Å². The number of hydrogen-bond acceptors (Lipinski definition) is 2. The number of imidazole rings is 1. The number of anilines is 1. The topological polar surface area (TPSA) is 29.9 Å². The maximum atomic E-state index is 13.2. The number of aromatic nitrogens is 2. The van der Waals surface area contributed by atoms with Gasteiger partial charge in [-0.15, -0.1) is 0 Å². The number of nitrogens with zero attached hydrogens (tertiary/aromatic N) is 2. The molecule has 16 heavy (non-hydrogen) atoms. The number of halogens is 2. The summed E-state index contributed by atoms with van der Waals surface area (Å²) in [5.41, 5.74) is 1.80. The lowest BCUT2D eigenvalue weighted by Gasteiger charge is -2.07. The van der Waals surface area contributed by atoms with Crippen molar-refractivity contribution in [3.63, 3.8) is 0 Å². The summed E-state index contributed by atoms with van der Waals surface area (Å²) in [4.78, 5) is 4.01. The van der Waals surface area contributed by atoms with Crippen molar-refractivity contribution >= 4 is 21.6 Å². The predicted molar refractivity (Wildman–Crippen MR) is 64.6 cm³/mol. The van der Waals surface area contributed by atoms with Gasteiger partial charge in [-0.25, -0.2) is 9.37 Å². The summed E-state index contributed by atoms with van der Waals surface area (Å²) in [5, 5.41) is 3.13. The van der Waals surface area contributed by atoms with Gasteiger partial charge < -0.3 is 9.88 Å². The second kappa shape index (κ2) is 4.65. The standard InChI is InChI=1S/C11H11BrFN3/c1-16-7-14-5-9(16)6-15-8-2-3-10(12)11(13)4-8/h2-5,7,15H,6H2,1H3. The molecule has 2 aromatic rings. The first kappa shape index (κ1) is 11.1. The molecule has 0 aliphatic carbocycles. The van der Waals surface area contributed by atoms with E-state index in [0.717, 1.165) is 11.4 Å². The third-order valence-electron chi connectivity index (χ3n) is 2.31. The molecule has 0 radical (unpaired) electrons. The van der Waals surface area contributed by atoms with Crippen molar-refractivity contribution in [2.45, 2.75) is 6.54 Å². The summed E-state index contributed by atoms with van der Waals surface area (Å²) in [6, 6.07) is 4.96. The molecule has 0 saturated carbocycles. The highest BCUT2D eigenvalue weighted by molar-refractivity contribution is 9.10. The Morgan fingerprint density at radius 2 is 2.31 bits per heavy atom. The highest BCUT2D eigenvalue weighted by Crippen LogP contribution is 2.19. The van der Waals surface area contributed by atoms with Crippen LogP contribution in [-0.4, -0.2) is 9.55 Å². The molecule has 0 atom stereocenters. The van der Waals surface area contributed by atoms with Crippen LogP contribution in [0.2, 0.25) is 0 Å². The monoisotopic (exact) mass is 283 g/mol. The Kier molecular flexibility index (Phi) is 3.24. The van der Waals surface area contributed by atoms with E-state index in [-0.39, 0.29) is 5.82 Å². The van der Waals surface area contributed by atoms with Gasteiger partial charge in [0.1, 0.15) is 5.82 Å². The van der Waals surface area contributed by atoms with Crippen molar-refractivity contribution in [3.05, 3.63) is 46.7 Å². The Labute approximate surface area is 101 Å². The molecular formula is C11H11BrFN3. The summed E-state index contributed by atoms with van der Waals surface area (Å²) in [6.07, 6.45) is 3.52. The summed E-state index contributed by atoms with van der Waals surface area (Å²) < 4.78 is 15.6. The van der Waals surface area contributed by atoms with Gasteiger partial charge in [0.05, 0.1) is 23.0 Å². The van der Waals surface area contributed by atoms with Gasteiger partial charge in [0, 0.05) is 18.9 Å². The van der Waals surface area contributed by atoms with E-state index in [1.54, 1.807) is 18.6 Å². The van der Waals surface area contributed by atoms with Crippen molar-refractivity contribution in [1.82, 2.24) is 9.55 Å². The molecule has 0 bridgehead atoms. The second-order valence-electron chi connectivity index (χ2n) is 3.48. The van der Waals surface area contributed by atoms with Crippen LogP contribution in [0.3, 0.4) is 0 Å². The van der Waals surface area contributed by atoms with Crippen molar-refractivity contribution in [2.24, 2.45) is 7.05 Å². The second-order valence-corrected chi connectivity index (χ2v) is 4.33. The number of rotatable bonds is 3. The van der Waals surface area contributed by atoms with Gasteiger partial charge in [0.2, 0.25) is 0 Å². The molecule has 1 heterocycles. The SMILES string of the molecule is Cn1cncc1CNc1ccc(Br)c(F)c1. The van der Waals surface area contributed by atoms with Crippen LogP contribution in [0, 0.1) is 5.82 Å². The maximum absolute atomic E-state index is 13.2. The average Bonchev–Trinajstić information content (AvgIpc) is 2.66. The van der Waals surface area contributed by atoms with Gasteiger partial charge in [-0.2, -0.15) is 0 Å². The van der Waals surface area contributed by atoms with Gasteiger partial charge in [0.15, 0.2) is 0 Å². The molecule has 3 nitrogen and oxygen atoms in total. The first-order valence-electron chi connectivity index (χ1n) is 4.81. The van der Waals surface area contributed by atoms with Crippen LogP contribution in [0.1, 0.15) is 5.69 Å². The molecular weight excluding hydrogens is 273 g/mol. The van der Waals surface area contributed by atoms with E-state index in [0.29, 0.717) is 11.0 Å². The number of hydrogen-bond donors (Lipinski definition) is 1. The van der Waals surface area contributed by atoms with Crippen LogP contribution in [-0.2, 0) is 13.6 Å². The van der Waals surface area contributed by atoms with Crippen LogP contribution in [0.25, 0.3) is 0 Å². The van der Waals surface area contributed by atoms with Gasteiger partial charge in [-0.05, 0) is 34.1 Å². The highest BCUT2D eigenvalue weighted by Gasteiger charge is 2.01. The summed E-state index contributed by atoms with van der Waals surface area (Å²) >= 11 is 3.11. The average molecular weight is 284 g/mol. The van der Waals surface area contributed by atoms with E-state index in [2.05, 4.69) is 26.2 Å². The van der Waals surface area contributed by atoms with Crippen molar-refractivity contribution in [1.29, 1.82) is 0 Å². The molecule has 0 fully saturated rings. The largest absolute Gasteiger partial charge is 0.379 e. The fourth-order valence-corrected chi connectivity index (χ4v) is 1.60. The minimum Gasteiger partial charge on any atom is -0.379 e. The van der Waals surface area contributed by atoms with E-state index in [9.17, 15) is 4.39 Å². The van der Waals surface area contributed by atoms with Crippen LogP contribution in [0.15, 0.2) is 35.2 Å². The minimum atomic E-state index is -0.269. The van der Waals surface area contributed by atoms with Crippen LogP contribution < -0.4 is 5.32 Å². The highest BCUT2D eigenvalue weighted by atomic mass is 79.9. The number of nitrogens with one attached hydrogen (secondary N) is 1. The van der Waals surface area contributed by atoms with E-state index < -0.39 is 0 Å². The lowest BCUT2D eigenvalue weighted by molar-refractivity contribution is 0.621. The Morgan fingerprint density at radius 1 is 1.50 bits per heavy atom. The Bertz CT molecular complexity index is 496. The van der Waals surface area contributed by atoms with Gasteiger partial charge >= 0.3 is 0 Å². The Balaban J connectivity index is 2.05. The molecule has 0 spiro atoms. The number of benzene rings is 1. The maximum Gasteiger partial charge on any atom is 0.139 e. The lowest BCUT2D eigenvalue weighted by atomic mass is 10.3. The molecule has 0 amide bonds. The lowest BCUT2D eigenvalue weighted by Crippen LogP contribution is -2.04. The van der Waals surface area contributed by atoms with E-state index in [1.165, 1.54) is 6.07 Å². The third-order valence-corrected chi connectivity index (χ3v) is 2.95. The molecule has 5 heteroatoms. The molecule has 84 valence electrons. The zero-order chi connectivity index (χ0) is 11.5. The molecule has 0 aliphatic rings. The zero-order valence-electron chi connectivity index (χ0n) is 8.74. The molecule has 0 unspecified atom stereocenters. The Morgan fingerprint density at radius 3 is 2.94 bits per heavy atom. The van der Waals surface area contributed by atoms with Crippen molar-refractivity contribution in [2.75, 3.05) is 5.32 Å². The molecule has 2 rings (SSSR count). The number of aryl methyl sites for hydroxylation is 1. The summed E-state index contributed by atoms with van der Waals surface area (Å²) in [6.45, 7) is 0.623. The Hall–Kier alpha value is -1.36. The first-order valence-corrected chi connectivity index (χ1v) is 5.60. The summed E-state index contributed by atoms with van der Waals surface area (Å²) in [7, 11) is 1.92. The molecule has 1 aromatic carbocycles. The first-order chi connectivity index (χ1) is 7.66. The van der Waals surface area contributed by atoms with Crippen LogP contribution >= 0.6 is 15.9 Å². The fourth-order valence-electron chi connectivity index (χ4n) is 1.35. The van der Waals surface area contributed by atoms with Crippen LogP contribution in [0.4, 0.5) is 10.1 Å². The van der Waals surface area contributed by atoms with Gasteiger partial charge in [-0.1, -0.05) is 0 Å². The van der Waals surface area contributed by atoms with Crippen molar-refractivity contribution < 1.29 is 4.39 Å². The molecule has 0 saturated heterocycles. The van der Waals surface area contributed by atoms with E-state index >= 15 is 0 Å².